The standard InChI is InChI=1S/C9H9IN2O3/c10-6-5-9(13)11-7-1-3-8(4-2-7)12(14)15/h1-4H,5-6H2,(H,11,13). The zero-order valence-electron chi connectivity index (χ0n) is 7.77. The second-order valence-electron chi connectivity index (χ2n) is 2.79. The molecular weight excluding hydrogens is 311 g/mol. The number of carbonyl (C=O) groups excluding carboxylic acids is 1. The minimum absolute atomic E-state index is 0.0156. The summed E-state index contributed by atoms with van der Waals surface area (Å²) in [5.41, 5.74) is 0.595. The van der Waals surface area contributed by atoms with Crippen LogP contribution >= 0.6 is 22.6 Å². The molecule has 0 atom stereocenters. The number of nitro benzene ring substituents is 1. The van der Waals surface area contributed by atoms with Crippen LogP contribution in [0.4, 0.5) is 11.4 Å². The molecule has 0 radical (unpaired) electrons. The smallest absolute Gasteiger partial charge is 0.269 e. The number of halogens is 1. The molecule has 1 aromatic rings. The predicted octanol–water partition coefficient (Wildman–Crippen LogP) is 2.36. The van der Waals surface area contributed by atoms with Crippen LogP contribution in [0.5, 0.6) is 0 Å². The van der Waals surface area contributed by atoms with Crippen molar-refractivity contribution in [3.05, 3.63) is 34.4 Å². The molecule has 0 bridgehead atoms. The number of nitro groups is 1. The van der Waals surface area contributed by atoms with Crippen LogP contribution in [-0.4, -0.2) is 15.3 Å². The van der Waals surface area contributed by atoms with Crippen molar-refractivity contribution in [3.63, 3.8) is 0 Å². The molecule has 0 aliphatic heterocycles. The van der Waals surface area contributed by atoms with Crippen molar-refractivity contribution in [2.75, 3.05) is 9.74 Å². The molecule has 0 saturated carbocycles. The Morgan fingerprint density at radius 1 is 1.40 bits per heavy atom. The van der Waals surface area contributed by atoms with E-state index in [4.69, 9.17) is 0 Å². The van der Waals surface area contributed by atoms with Crippen molar-refractivity contribution in [1.29, 1.82) is 0 Å². The molecular formula is C9H9IN2O3. The summed E-state index contributed by atoms with van der Waals surface area (Å²) >= 11 is 2.11. The minimum atomic E-state index is -0.476. The summed E-state index contributed by atoms with van der Waals surface area (Å²) in [5, 5.41) is 13.0. The summed E-state index contributed by atoms with van der Waals surface area (Å²) in [6.07, 6.45) is 0.442. The summed E-state index contributed by atoms with van der Waals surface area (Å²) < 4.78 is 0.747. The van der Waals surface area contributed by atoms with Crippen molar-refractivity contribution in [3.8, 4) is 0 Å². The molecule has 5 nitrogen and oxygen atoms in total. The molecule has 15 heavy (non-hydrogen) atoms. The monoisotopic (exact) mass is 320 g/mol. The third kappa shape index (κ3) is 3.82. The van der Waals surface area contributed by atoms with E-state index < -0.39 is 4.92 Å². The largest absolute Gasteiger partial charge is 0.326 e. The number of amides is 1. The van der Waals surface area contributed by atoms with Crippen LogP contribution in [0.15, 0.2) is 24.3 Å². The fourth-order valence-corrected chi connectivity index (χ4v) is 1.47. The number of nitrogens with one attached hydrogen (secondary N) is 1. The van der Waals surface area contributed by atoms with E-state index >= 15 is 0 Å². The van der Waals surface area contributed by atoms with Gasteiger partial charge in [-0.05, 0) is 12.1 Å². The molecule has 0 aliphatic rings. The SMILES string of the molecule is O=C(CCI)Nc1ccc([N+](=O)[O-])cc1. The average Bonchev–Trinajstić information content (AvgIpc) is 2.18. The number of hydrogen-bond acceptors (Lipinski definition) is 3. The van der Waals surface area contributed by atoms with Crippen LogP contribution in [0.25, 0.3) is 0 Å². The number of hydrogen-bond donors (Lipinski definition) is 1. The quantitative estimate of drug-likeness (QED) is 0.401. The lowest BCUT2D eigenvalue weighted by atomic mass is 10.3. The van der Waals surface area contributed by atoms with Gasteiger partial charge in [0.2, 0.25) is 5.91 Å². The third-order valence-electron chi connectivity index (χ3n) is 1.68. The number of rotatable bonds is 4. The first kappa shape index (κ1) is 11.9. The van der Waals surface area contributed by atoms with Gasteiger partial charge >= 0.3 is 0 Å². The molecule has 0 spiro atoms. The van der Waals surface area contributed by atoms with Gasteiger partial charge in [-0.1, -0.05) is 22.6 Å². The van der Waals surface area contributed by atoms with Gasteiger partial charge in [0, 0.05) is 28.7 Å². The highest BCUT2D eigenvalue weighted by Gasteiger charge is 2.05. The topological polar surface area (TPSA) is 72.2 Å². The average molecular weight is 320 g/mol. The lowest BCUT2D eigenvalue weighted by Crippen LogP contribution is -2.11. The van der Waals surface area contributed by atoms with E-state index in [-0.39, 0.29) is 11.6 Å². The van der Waals surface area contributed by atoms with Crippen molar-refractivity contribution >= 4 is 39.9 Å². The highest BCUT2D eigenvalue weighted by Crippen LogP contribution is 2.15. The van der Waals surface area contributed by atoms with Crippen LogP contribution in [0, 0.1) is 10.1 Å². The van der Waals surface area contributed by atoms with Crippen molar-refractivity contribution < 1.29 is 9.72 Å². The lowest BCUT2D eigenvalue weighted by molar-refractivity contribution is -0.384. The van der Waals surface area contributed by atoms with Gasteiger partial charge in [0.25, 0.3) is 5.69 Å². The Labute approximate surface area is 100 Å². The van der Waals surface area contributed by atoms with Gasteiger partial charge in [-0.2, -0.15) is 0 Å². The second kappa shape index (κ2) is 5.64. The van der Waals surface area contributed by atoms with Gasteiger partial charge in [0.1, 0.15) is 0 Å². The van der Waals surface area contributed by atoms with E-state index in [2.05, 4.69) is 27.9 Å². The van der Waals surface area contributed by atoms with Gasteiger partial charge in [0.05, 0.1) is 4.92 Å². The van der Waals surface area contributed by atoms with Gasteiger partial charge < -0.3 is 5.32 Å². The van der Waals surface area contributed by atoms with E-state index in [1.807, 2.05) is 0 Å². The highest BCUT2D eigenvalue weighted by molar-refractivity contribution is 14.1. The molecule has 0 unspecified atom stereocenters. The molecule has 0 aliphatic carbocycles. The molecule has 1 aromatic carbocycles. The molecule has 1 rings (SSSR count). The summed E-state index contributed by atoms with van der Waals surface area (Å²) in [6, 6.07) is 5.76. The van der Waals surface area contributed by atoms with Crippen molar-refractivity contribution in [1.82, 2.24) is 0 Å². The minimum Gasteiger partial charge on any atom is -0.326 e. The Balaban J connectivity index is 2.64. The van der Waals surface area contributed by atoms with Crippen LogP contribution in [-0.2, 0) is 4.79 Å². The number of non-ortho nitro benzene ring substituents is 1. The molecule has 0 saturated heterocycles. The maximum atomic E-state index is 11.2. The van der Waals surface area contributed by atoms with Crippen LogP contribution in [0.1, 0.15) is 6.42 Å². The Bertz CT molecular complexity index is 364. The molecule has 6 heteroatoms. The number of carbonyl (C=O) groups is 1. The summed E-state index contributed by atoms with van der Waals surface area (Å²) in [4.78, 5) is 21.1. The number of benzene rings is 1. The van der Waals surface area contributed by atoms with E-state index in [1.165, 1.54) is 24.3 Å². The first-order chi connectivity index (χ1) is 7.13. The highest BCUT2D eigenvalue weighted by atomic mass is 127. The molecule has 0 aromatic heterocycles. The lowest BCUT2D eigenvalue weighted by Gasteiger charge is -2.02. The van der Waals surface area contributed by atoms with Gasteiger partial charge in [-0.3, -0.25) is 14.9 Å². The number of alkyl halides is 1. The van der Waals surface area contributed by atoms with Gasteiger partial charge in [0.15, 0.2) is 0 Å². The normalized spacial score (nSPS) is 9.67. The Morgan fingerprint density at radius 2 is 2.00 bits per heavy atom. The summed E-state index contributed by atoms with van der Waals surface area (Å²) in [5.74, 6) is -0.0850. The van der Waals surface area contributed by atoms with Crippen molar-refractivity contribution in [2.45, 2.75) is 6.42 Å². The number of anilines is 1. The van der Waals surface area contributed by atoms with Crippen LogP contribution in [0.2, 0.25) is 0 Å². The maximum Gasteiger partial charge on any atom is 0.269 e. The Hall–Kier alpha value is -1.18. The Morgan fingerprint density at radius 3 is 2.47 bits per heavy atom. The summed E-state index contributed by atoms with van der Waals surface area (Å²) in [7, 11) is 0. The van der Waals surface area contributed by atoms with E-state index in [9.17, 15) is 14.9 Å². The predicted molar refractivity (Wildman–Crippen MR) is 65.2 cm³/mol. The number of nitrogens with zero attached hydrogens (tertiary/aromatic N) is 1. The van der Waals surface area contributed by atoms with E-state index in [1.54, 1.807) is 0 Å². The molecule has 1 N–H and O–H groups in total. The fraction of sp³-hybridized carbons (Fsp3) is 0.222. The van der Waals surface area contributed by atoms with Crippen LogP contribution < -0.4 is 5.32 Å². The van der Waals surface area contributed by atoms with Crippen LogP contribution in [0.3, 0.4) is 0 Å². The zero-order valence-corrected chi connectivity index (χ0v) is 9.93. The third-order valence-corrected chi connectivity index (χ3v) is 2.22. The second-order valence-corrected chi connectivity index (χ2v) is 3.87. The molecule has 0 fully saturated rings. The van der Waals surface area contributed by atoms with E-state index in [0.29, 0.717) is 12.1 Å². The molecule has 80 valence electrons. The first-order valence-electron chi connectivity index (χ1n) is 4.24. The maximum absolute atomic E-state index is 11.2. The molecule has 0 heterocycles. The first-order valence-corrected chi connectivity index (χ1v) is 5.76. The fourth-order valence-electron chi connectivity index (χ4n) is 0.976. The van der Waals surface area contributed by atoms with Gasteiger partial charge in [-0.15, -0.1) is 0 Å². The van der Waals surface area contributed by atoms with E-state index in [0.717, 1.165) is 4.43 Å². The Kier molecular flexibility index (Phi) is 4.47. The zero-order chi connectivity index (χ0) is 11.3. The van der Waals surface area contributed by atoms with Gasteiger partial charge in [-0.25, -0.2) is 0 Å². The van der Waals surface area contributed by atoms with Crippen molar-refractivity contribution in [2.24, 2.45) is 0 Å². The summed E-state index contributed by atoms with van der Waals surface area (Å²) in [6.45, 7) is 0. The molecule has 1 amide bonds.